The summed E-state index contributed by atoms with van der Waals surface area (Å²) in [5.41, 5.74) is 1.01. The Bertz CT molecular complexity index is 522. The molecule has 5 heteroatoms. The zero-order chi connectivity index (χ0) is 16.2. The van der Waals surface area contributed by atoms with Crippen LogP contribution in [-0.2, 0) is 16.0 Å². The van der Waals surface area contributed by atoms with Crippen molar-refractivity contribution in [2.75, 3.05) is 13.1 Å². The molecule has 2 rings (SSSR count). The highest BCUT2D eigenvalue weighted by Crippen LogP contribution is 2.25. The van der Waals surface area contributed by atoms with Gasteiger partial charge in [0.05, 0.1) is 5.92 Å². The van der Waals surface area contributed by atoms with E-state index in [9.17, 15) is 9.59 Å². The highest BCUT2D eigenvalue weighted by molar-refractivity contribution is 5.89. The van der Waals surface area contributed by atoms with Crippen molar-refractivity contribution in [2.45, 2.75) is 45.6 Å². The van der Waals surface area contributed by atoms with Gasteiger partial charge in [-0.05, 0) is 51.3 Å². The van der Waals surface area contributed by atoms with E-state index < -0.39 is 0 Å². The minimum atomic E-state index is -0.215. The van der Waals surface area contributed by atoms with E-state index in [0.29, 0.717) is 19.5 Å². The number of aryl methyl sites for hydroxylation is 1. The van der Waals surface area contributed by atoms with Crippen molar-refractivity contribution < 1.29 is 9.59 Å². The lowest BCUT2D eigenvalue weighted by atomic mass is 10.1. The standard InChI is InChI=1S/C17H25N3O2/c1-17(2,3)20-12-14(11-15(20)21)16(22)19-8-4-5-13-6-9-18-10-7-13/h6-7,9-10,14H,4-5,8,11-12H2,1-3H3,(H,19,22). The summed E-state index contributed by atoms with van der Waals surface area (Å²) in [5, 5.41) is 2.95. The maximum Gasteiger partial charge on any atom is 0.225 e. The summed E-state index contributed by atoms with van der Waals surface area (Å²) >= 11 is 0. The van der Waals surface area contributed by atoms with Crippen molar-refractivity contribution >= 4 is 11.8 Å². The second-order valence-electron chi connectivity index (χ2n) is 6.83. The van der Waals surface area contributed by atoms with Crippen LogP contribution in [0.4, 0.5) is 0 Å². The number of rotatable bonds is 5. The Labute approximate surface area is 132 Å². The first-order valence-corrected chi connectivity index (χ1v) is 7.85. The molecule has 0 aromatic carbocycles. The number of carbonyl (C=O) groups excluding carboxylic acids is 2. The molecule has 1 aromatic heterocycles. The molecule has 0 bridgehead atoms. The molecule has 1 unspecified atom stereocenters. The maximum atomic E-state index is 12.2. The van der Waals surface area contributed by atoms with Crippen LogP contribution in [0.2, 0.25) is 0 Å². The average Bonchev–Trinajstić information content (AvgIpc) is 2.87. The van der Waals surface area contributed by atoms with Crippen LogP contribution in [0.3, 0.4) is 0 Å². The van der Waals surface area contributed by atoms with E-state index in [-0.39, 0.29) is 23.3 Å². The highest BCUT2D eigenvalue weighted by Gasteiger charge is 2.39. The van der Waals surface area contributed by atoms with E-state index in [1.54, 1.807) is 17.3 Å². The van der Waals surface area contributed by atoms with E-state index in [1.165, 1.54) is 5.56 Å². The molecule has 2 amide bonds. The molecule has 1 aliphatic rings. The van der Waals surface area contributed by atoms with Gasteiger partial charge in [-0.3, -0.25) is 14.6 Å². The van der Waals surface area contributed by atoms with Crippen molar-refractivity contribution in [1.29, 1.82) is 0 Å². The van der Waals surface area contributed by atoms with Crippen LogP contribution in [-0.4, -0.2) is 40.3 Å². The minimum Gasteiger partial charge on any atom is -0.356 e. The summed E-state index contributed by atoms with van der Waals surface area (Å²) in [4.78, 5) is 29.9. The number of pyridine rings is 1. The number of amides is 2. The third kappa shape index (κ3) is 4.29. The van der Waals surface area contributed by atoms with Crippen LogP contribution in [0, 0.1) is 5.92 Å². The lowest BCUT2D eigenvalue weighted by Crippen LogP contribution is -2.43. The van der Waals surface area contributed by atoms with E-state index in [0.717, 1.165) is 12.8 Å². The zero-order valence-corrected chi connectivity index (χ0v) is 13.6. The molecule has 1 aliphatic heterocycles. The topological polar surface area (TPSA) is 62.3 Å². The Morgan fingerprint density at radius 2 is 2.05 bits per heavy atom. The largest absolute Gasteiger partial charge is 0.356 e. The lowest BCUT2D eigenvalue weighted by Gasteiger charge is -2.31. The molecule has 22 heavy (non-hydrogen) atoms. The number of hydrogen-bond acceptors (Lipinski definition) is 3. The van der Waals surface area contributed by atoms with Crippen molar-refractivity contribution in [2.24, 2.45) is 5.92 Å². The van der Waals surface area contributed by atoms with Crippen molar-refractivity contribution in [1.82, 2.24) is 15.2 Å². The van der Waals surface area contributed by atoms with Crippen LogP contribution >= 0.6 is 0 Å². The first-order valence-electron chi connectivity index (χ1n) is 7.85. The van der Waals surface area contributed by atoms with Gasteiger partial charge in [0.15, 0.2) is 0 Å². The van der Waals surface area contributed by atoms with Crippen LogP contribution < -0.4 is 5.32 Å². The number of nitrogens with one attached hydrogen (secondary N) is 1. The molecule has 1 atom stereocenters. The summed E-state index contributed by atoms with van der Waals surface area (Å²) in [6, 6.07) is 3.97. The summed E-state index contributed by atoms with van der Waals surface area (Å²) in [5.74, 6) is -0.146. The fraction of sp³-hybridized carbons (Fsp3) is 0.588. The van der Waals surface area contributed by atoms with Gasteiger partial charge < -0.3 is 10.2 Å². The predicted molar refractivity (Wildman–Crippen MR) is 85.1 cm³/mol. The Morgan fingerprint density at radius 1 is 1.36 bits per heavy atom. The summed E-state index contributed by atoms with van der Waals surface area (Å²) in [7, 11) is 0. The third-order valence-electron chi connectivity index (χ3n) is 4.00. The van der Waals surface area contributed by atoms with Crippen molar-refractivity contribution in [3.8, 4) is 0 Å². The second kappa shape index (κ2) is 6.90. The fourth-order valence-electron chi connectivity index (χ4n) is 2.73. The maximum absolute atomic E-state index is 12.2. The Kier molecular flexibility index (Phi) is 5.16. The number of aromatic nitrogens is 1. The first-order chi connectivity index (χ1) is 10.4. The Hall–Kier alpha value is -1.91. The SMILES string of the molecule is CC(C)(C)N1CC(C(=O)NCCCc2ccncc2)CC1=O. The molecule has 0 saturated carbocycles. The van der Waals surface area contributed by atoms with Gasteiger partial charge in [0.1, 0.15) is 0 Å². The molecular weight excluding hydrogens is 278 g/mol. The molecule has 120 valence electrons. The average molecular weight is 303 g/mol. The van der Waals surface area contributed by atoms with E-state index in [2.05, 4.69) is 10.3 Å². The van der Waals surface area contributed by atoms with Gasteiger partial charge in [0.2, 0.25) is 11.8 Å². The van der Waals surface area contributed by atoms with Gasteiger partial charge in [-0.25, -0.2) is 0 Å². The minimum absolute atomic E-state index is 0.00479. The van der Waals surface area contributed by atoms with Crippen molar-refractivity contribution in [3.63, 3.8) is 0 Å². The number of likely N-dealkylation sites (tertiary alicyclic amines) is 1. The van der Waals surface area contributed by atoms with Crippen LogP contribution in [0.25, 0.3) is 0 Å². The summed E-state index contributed by atoms with van der Waals surface area (Å²) in [6.45, 7) is 7.17. The summed E-state index contributed by atoms with van der Waals surface area (Å²) < 4.78 is 0. The van der Waals surface area contributed by atoms with Crippen molar-refractivity contribution in [3.05, 3.63) is 30.1 Å². The highest BCUT2D eigenvalue weighted by atomic mass is 16.2. The van der Waals surface area contributed by atoms with E-state index >= 15 is 0 Å². The predicted octanol–water partition coefficient (Wildman–Crippen LogP) is 1.78. The van der Waals surface area contributed by atoms with Gasteiger partial charge >= 0.3 is 0 Å². The van der Waals surface area contributed by atoms with E-state index in [4.69, 9.17) is 0 Å². The van der Waals surface area contributed by atoms with Gasteiger partial charge in [-0.2, -0.15) is 0 Å². The van der Waals surface area contributed by atoms with E-state index in [1.807, 2.05) is 32.9 Å². The Balaban J connectivity index is 1.73. The third-order valence-corrected chi connectivity index (χ3v) is 4.00. The molecular formula is C17H25N3O2. The zero-order valence-electron chi connectivity index (χ0n) is 13.6. The quantitative estimate of drug-likeness (QED) is 0.843. The molecule has 0 aliphatic carbocycles. The lowest BCUT2D eigenvalue weighted by molar-refractivity contribution is -0.132. The molecule has 1 N–H and O–H groups in total. The normalized spacial score (nSPS) is 18.6. The summed E-state index contributed by atoms with van der Waals surface area (Å²) in [6.07, 6.45) is 5.69. The van der Waals surface area contributed by atoms with Crippen LogP contribution in [0.5, 0.6) is 0 Å². The Morgan fingerprint density at radius 3 is 2.64 bits per heavy atom. The molecule has 0 radical (unpaired) electrons. The second-order valence-corrected chi connectivity index (χ2v) is 6.83. The molecule has 2 heterocycles. The molecule has 1 aromatic rings. The number of carbonyl (C=O) groups is 2. The van der Waals surface area contributed by atoms with Crippen LogP contribution in [0.1, 0.15) is 39.2 Å². The molecule has 1 saturated heterocycles. The van der Waals surface area contributed by atoms with Gasteiger partial charge in [0, 0.05) is 37.4 Å². The first kappa shape index (κ1) is 16.5. The number of hydrogen-bond donors (Lipinski definition) is 1. The molecule has 5 nitrogen and oxygen atoms in total. The van der Waals surface area contributed by atoms with Gasteiger partial charge in [-0.15, -0.1) is 0 Å². The fourth-order valence-corrected chi connectivity index (χ4v) is 2.73. The molecule has 0 spiro atoms. The number of nitrogens with zero attached hydrogens (tertiary/aromatic N) is 2. The molecule has 1 fully saturated rings. The van der Waals surface area contributed by atoms with Gasteiger partial charge in [0.25, 0.3) is 0 Å². The van der Waals surface area contributed by atoms with Gasteiger partial charge in [-0.1, -0.05) is 0 Å². The monoisotopic (exact) mass is 303 g/mol. The smallest absolute Gasteiger partial charge is 0.225 e. The van der Waals surface area contributed by atoms with Crippen LogP contribution in [0.15, 0.2) is 24.5 Å².